The molecule has 2 aromatic carbocycles. The fraction of sp³-hybridized carbons (Fsp3) is 0.350. The second-order valence-corrected chi connectivity index (χ2v) is 7.27. The first-order valence-corrected chi connectivity index (χ1v) is 8.91. The summed E-state index contributed by atoms with van der Waals surface area (Å²) >= 11 is 0. The number of aromatic nitrogens is 1. The lowest BCUT2D eigenvalue weighted by Crippen LogP contribution is -2.31. The summed E-state index contributed by atoms with van der Waals surface area (Å²) in [6, 6.07) is 15.1. The minimum Gasteiger partial charge on any atom is -0.408 e. The zero-order valence-electron chi connectivity index (χ0n) is 14.2. The van der Waals surface area contributed by atoms with Gasteiger partial charge in [-0.2, -0.15) is 0 Å². The van der Waals surface area contributed by atoms with E-state index in [1.54, 1.807) is 7.05 Å². The summed E-state index contributed by atoms with van der Waals surface area (Å²) < 4.78 is 6.76. The molecule has 3 aromatic rings. The van der Waals surface area contributed by atoms with Crippen LogP contribution in [-0.2, 0) is 7.05 Å². The summed E-state index contributed by atoms with van der Waals surface area (Å²) in [4.78, 5) is 14.2. The molecule has 0 amide bonds. The van der Waals surface area contributed by atoms with Crippen molar-refractivity contribution in [1.29, 1.82) is 0 Å². The molecule has 2 bridgehead atoms. The van der Waals surface area contributed by atoms with Gasteiger partial charge in [-0.15, -0.1) is 0 Å². The average molecular weight is 335 g/mol. The highest BCUT2D eigenvalue weighted by Gasteiger charge is 2.37. The maximum atomic E-state index is 11.6. The lowest BCUT2D eigenvalue weighted by atomic mass is 10.1. The van der Waals surface area contributed by atoms with Crippen molar-refractivity contribution in [1.82, 2.24) is 4.57 Å². The third kappa shape index (κ3) is 2.42. The van der Waals surface area contributed by atoms with E-state index in [1.165, 1.54) is 36.1 Å². The second-order valence-electron chi connectivity index (χ2n) is 7.27. The van der Waals surface area contributed by atoms with E-state index in [1.807, 2.05) is 18.2 Å². The molecule has 1 saturated heterocycles. The Morgan fingerprint density at radius 1 is 1.08 bits per heavy atom. The van der Waals surface area contributed by atoms with E-state index in [2.05, 4.69) is 34.5 Å². The highest BCUT2D eigenvalue weighted by molar-refractivity contribution is 5.79. The van der Waals surface area contributed by atoms with Crippen LogP contribution in [0.15, 0.2) is 51.7 Å². The number of anilines is 3. The third-order valence-electron chi connectivity index (χ3n) is 5.69. The number of rotatable bonds is 3. The summed E-state index contributed by atoms with van der Waals surface area (Å²) in [5.41, 5.74) is 4.67. The number of benzene rings is 2. The molecule has 5 heteroatoms. The lowest BCUT2D eigenvalue weighted by molar-refractivity contribution is 0.528. The minimum absolute atomic E-state index is 0.337. The van der Waals surface area contributed by atoms with Crippen LogP contribution < -0.4 is 16.0 Å². The molecule has 2 heterocycles. The zero-order chi connectivity index (χ0) is 17.0. The molecule has 5 rings (SSSR count). The van der Waals surface area contributed by atoms with Crippen LogP contribution in [0.5, 0.6) is 0 Å². The molecule has 0 radical (unpaired) electrons. The Morgan fingerprint density at radius 2 is 1.88 bits per heavy atom. The first-order valence-electron chi connectivity index (χ1n) is 8.91. The fourth-order valence-corrected chi connectivity index (χ4v) is 4.36. The Balaban J connectivity index is 1.36. The van der Waals surface area contributed by atoms with E-state index >= 15 is 0 Å². The average Bonchev–Trinajstić information content (AvgIpc) is 3.31. The normalized spacial score (nSPS) is 22.0. The van der Waals surface area contributed by atoms with Gasteiger partial charge in [0.05, 0.1) is 5.52 Å². The van der Waals surface area contributed by atoms with Crippen molar-refractivity contribution in [3.8, 4) is 0 Å². The predicted molar refractivity (Wildman–Crippen MR) is 99.7 cm³/mol. The second kappa shape index (κ2) is 5.41. The van der Waals surface area contributed by atoms with Crippen LogP contribution in [0, 0.1) is 5.92 Å². The number of hydrogen-bond acceptors (Lipinski definition) is 4. The Morgan fingerprint density at radius 3 is 2.60 bits per heavy atom. The molecule has 2 unspecified atom stereocenters. The van der Waals surface area contributed by atoms with Gasteiger partial charge in [-0.05, 0) is 61.6 Å². The van der Waals surface area contributed by atoms with Crippen LogP contribution in [0.4, 0.5) is 17.1 Å². The molecule has 1 aliphatic heterocycles. The predicted octanol–water partition coefficient (Wildman–Crippen LogP) is 3.86. The Labute approximate surface area is 145 Å². The molecule has 5 nitrogen and oxygen atoms in total. The van der Waals surface area contributed by atoms with Crippen LogP contribution in [0.3, 0.4) is 0 Å². The standard InChI is InChI=1S/C20H21N3O2/c1-22-18-9-5-15(11-19(18)25-20(22)24)21-14-3-7-16(8-4-14)23-12-13-2-6-17(23)10-13/h3-5,7-9,11,13,17,21H,2,6,10,12H2,1H3. The van der Waals surface area contributed by atoms with Gasteiger partial charge in [-0.1, -0.05) is 0 Å². The van der Waals surface area contributed by atoms with Crippen LogP contribution in [-0.4, -0.2) is 17.2 Å². The van der Waals surface area contributed by atoms with Crippen molar-refractivity contribution in [3.05, 3.63) is 53.0 Å². The Kier molecular flexibility index (Phi) is 3.17. The summed E-state index contributed by atoms with van der Waals surface area (Å²) in [5, 5.41) is 3.39. The lowest BCUT2D eigenvalue weighted by Gasteiger charge is -2.29. The molecule has 1 N–H and O–H groups in total. The largest absolute Gasteiger partial charge is 0.419 e. The van der Waals surface area contributed by atoms with Crippen LogP contribution in [0.25, 0.3) is 11.1 Å². The molecule has 1 aromatic heterocycles. The molecule has 2 atom stereocenters. The summed E-state index contributed by atoms with van der Waals surface area (Å²) in [5.74, 6) is 0.562. The van der Waals surface area contributed by atoms with Gasteiger partial charge in [0, 0.05) is 42.8 Å². The van der Waals surface area contributed by atoms with Crippen molar-refractivity contribution >= 4 is 28.2 Å². The molecule has 0 spiro atoms. The molecule has 1 aliphatic carbocycles. The van der Waals surface area contributed by atoms with E-state index in [-0.39, 0.29) is 5.76 Å². The van der Waals surface area contributed by atoms with Gasteiger partial charge in [0.25, 0.3) is 0 Å². The summed E-state index contributed by atoms with van der Waals surface area (Å²) in [6.45, 7) is 1.21. The molecular weight excluding hydrogens is 314 g/mol. The molecule has 2 fully saturated rings. The monoisotopic (exact) mass is 335 g/mol. The topological polar surface area (TPSA) is 50.4 Å². The first kappa shape index (κ1) is 14.6. The van der Waals surface area contributed by atoms with E-state index in [0.717, 1.165) is 28.9 Å². The number of piperidine rings is 1. The molecular formula is C20H21N3O2. The van der Waals surface area contributed by atoms with E-state index in [0.29, 0.717) is 5.58 Å². The number of oxazole rings is 1. The van der Waals surface area contributed by atoms with Crippen LogP contribution >= 0.6 is 0 Å². The fourth-order valence-electron chi connectivity index (χ4n) is 4.36. The summed E-state index contributed by atoms with van der Waals surface area (Å²) in [6.07, 6.45) is 4.11. The molecule has 1 saturated carbocycles. The van der Waals surface area contributed by atoms with Gasteiger partial charge in [0.15, 0.2) is 5.58 Å². The van der Waals surface area contributed by atoms with Crippen molar-refractivity contribution in [2.24, 2.45) is 13.0 Å². The van der Waals surface area contributed by atoms with Gasteiger partial charge in [-0.3, -0.25) is 4.57 Å². The maximum Gasteiger partial charge on any atom is 0.419 e. The van der Waals surface area contributed by atoms with E-state index in [9.17, 15) is 4.79 Å². The van der Waals surface area contributed by atoms with Crippen LogP contribution in [0.1, 0.15) is 19.3 Å². The zero-order valence-corrected chi connectivity index (χ0v) is 14.2. The van der Waals surface area contributed by atoms with Crippen molar-refractivity contribution in [2.45, 2.75) is 25.3 Å². The van der Waals surface area contributed by atoms with Crippen molar-refractivity contribution in [3.63, 3.8) is 0 Å². The Bertz CT molecular complexity index is 986. The van der Waals surface area contributed by atoms with Crippen molar-refractivity contribution in [2.75, 3.05) is 16.8 Å². The number of nitrogens with one attached hydrogen (secondary N) is 1. The Hall–Kier alpha value is -2.69. The van der Waals surface area contributed by atoms with E-state index < -0.39 is 0 Å². The van der Waals surface area contributed by atoms with Gasteiger partial charge in [0.1, 0.15) is 0 Å². The smallest absolute Gasteiger partial charge is 0.408 e. The molecule has 2 aliphatic rings. The number of nitrogens with zero attached hydrogens (tertiary/aromatic N) is 2. The number of aryl methyl sites for hydroxylation is 1. The maximum absolute atomic E-state index is 11.6. The molecule has 25 heavy (non-hydrogen) atoms. The van der Waals surface area contributed by atoms with Gasteiger partial charge in [-0.25, -0.2) is 4.79 Å². The number of fused-ring (bicyclic) bond motifs is 3. The quantitative estimate of drug-likeness (QED) is 0.789. The van der Waals surface area contributed by atoms with Crippen molar-refractivity contribution < 1.29 is 4.42 Å². The van der Waals surface area contributed by atoms with Gasteiger partial charge >= 0.3 is 5.76 Å². The SMILES string of the molecule is Cn1c(=O)oc2cc(Nc3ccc(N4CC5CCC4C5)cc3)ccc21. The number of hydrogen-bond donors (Lipinski definition) is 1. The third-order valence-corrected chi connectivity index (χ3v) is 5.69. The van der Waals surface area contributed by atoms with E-state index in [4.69, 9.17) is 4.42 Å². The minimum atomic E-state index is -0.337. The summed E-state index contributed by atoms with van der Waals surface area (Å²) in [7, 11) is 1.71. The van der Waals surface area contributed by atoms with Gasteiger partial charge < -0.3 is 14.6 Å². The highest BCUT2D eigenvalue weighted by atomic mass is 16.4. The molecule has 128 valence electrons. The highest BCUT2D eigenvalue weighted by Crippen LogP contribution is 2.40. The van der Waals surface area contributed by atoms with Crippen LogP contribution in [0.2, 0.25) is 0 Å². The first-order chi connectivity index (χ1) is 12.2. The van der Waals surface area contributed by atoms with Gasteiger partial charge in [0.2, 0.25) is 0 Å².